The molecule has 0 spiro atoms. The van der Waals surface area contributed by atoms with Crippen LogP contribution in [0.25, 0.3) is 11.3 Å². The standard InChI is InChI=1S/C28H29ClN4O4S/c1-32(2)13-14-33(38(3,35)36)22-9-7-21(8-10-22)30-27(19-5-4-18-12-15-37-25(18)16-19)26-23-11-6-20(29)17-24(23)31-28(26)34/h4-11,16-17,30H,12-15H2,1-3H3,(H,31,34)/b27-26-. The third kappa shape index (κ3) is 5.36. The first-order chi connectivity index (χ1) is 18.1. The zero-order chi connectivity index (χ0) is 27.0. The van der Waals surface area contributed by atoms with Crippen LogP contribution in [0.1, 0.15) is 16.7 Å². The maximum Gasteiger partial charge on any atom is 0.258 e. The molecule has 0 radical (unpaired) electrons. The van der Waals surface area contributed by atoms with E-state index in [1.165, 1.54) is 10.6 Å². The third-order valence-corrected chi connectivity index (χ3v) is 7.97. The van der Waals surface area contributed by atoms with E-state index in [4.69, 9.17) is 16.3 Å². The SMILES string of the molecule is CN(C)CCN(c1ccc(N/C(=C2\C(=O)Nc3cc(Cl)ccc32)c2ccc3c(c2)OCC3)cc1)S(C)(=O)=O. The molecular weight excluding hydrogens is 524 g/mol. The van der Waals surface area contributed by atoms with Crippen LogP contribution >= 0.6 is 11.6 Å². The van der Waals surface area contributed by atoms with Crippen LogP contribution in [0, 0.1) is 0 Å². The van der Waals surface area contributed by atoms with Gasteiger partial charge in [-0.25, -0.2) is 8.42 Å². The van der Waals surface area contributed by atoms with Gasteiger partial charge in [0.2, 0.25) is 10.0 Å². The highest BCUT2D eigenvalue weighted by Gasteiger charge is 2.29. The number of sulfonamides is 1. The number of ether oxygens (including phenoxy) is 1. The number of anilines is 3. The van der Waals surface area contributed by atoms with E-state index in [9.17, 15) is 13.2 Å². The van der Waals surface area contributed by atoms with E-state index in [2.05, 4.69) is 10.6 Å². The Morgan fingerprint density at radius 3 is 2.53 bits per heavy atom. The summed E-state index contributed by atoms with van der Waals surface area (Å²) in [5.74, 6) is 0.562. The lowest BCUT2D eigenvalue weighted by atomic mass is 9.98. The van der Waals surface area contributed by atoms with E-state index in [1.54, 1.807) is 24.3 Å². The number of hydrogen-bond donors (Lipinski definition) is 2. The van der Waals surface area contributed by atoms with Gasteiger partial charge in [-0.3, -0.25) is 9.10 Å². The molecule has 3 aromatic carbocycles. The summed E-state index contributed by atoms with van der Waals surface area (Å²) in [6, 6.07) is 18.4. The number of likely N-dealkylation sites (N-methyl/N-ethyl adjacent to an activating group) is 1. The highest BCUT2D eigenvalue weighted by molar-refractivity contribution is 7.92. The maximum atomic E-state index is 13.2. The first kappa shape index (κ1) is 26.1. The van der Waals surface area contributed by atoms with Gasteiger partial charge in [0.05, 0.1) is 35.5 Å². The van der Waals surface area contributed by atoms with Crippen molar-refractivity contribution >= 4 is 55.9 Å². The summed E-state index contributed by atoms with van der Waals surface area (Å²) in [6.45, 7) is 1.55. The molecule has 3 aromatic rings. The number of nitrogens with zero attached hydrogens (tertiary/aromatic N) is 2. The van der Waals surface area contributed by atoms with E-state index in [1.807, 2.05) is 55.4 Å². The van der Waals surface area contributed by atoms with Crippen LogP contribution in [0.2, 0.25) is 5.02 Å². The second kappa shape index (κ2) is 10.3. The normalized spacial score (nSPS) is 15.6. The van der Waals surface area contributed by atoms with Gasteiger partial charge >= 0.3 is 0 Å². The van der Waals surface area contributed by atoms with E-state index in [0.29, 0.717) is 53.1 Å². The summed E-state index contributed by atoms with van der Waals surface area (Å²) < 4.78 is 32.1. The molecule has 0 bridgehead atoms. The van der Waals surface area contributed by atoms with Crippen molar-refractivity contribution in [1.29, 1.82) is 0 Å². The van der Waals surface area contributed by atoms with Crippen molar-refractivity contribution in [3.05, 3.63) is 82.4 Å². The Morgan fingerprint density at radius 1 is 1.05 bits per heavy atom. The fourth-order valence-electron chi connectivity index (χ4n) is 4.63. The number of carbonyl (C=O) groups excluding carboxylic acids is 1. The lowest BCUT2D eigenvalue weighted by Crippen LogP contribution is -2.35. The predicted molar refractivity (Wildman–Crippen MR) is 153 cm³/mol. The molecule has 2 aliphatic heterocycles. The summed E-state index contributed by atoms with van der Waals surface area (Å²) >= 11 is 6.17. The monoisotopic (exact) mass is 552 g/mol. The maximum absolute atomic E-state index is 13.2. The van der Waals surface area contributed by atoms with E-state index >= 15 is 0 Å². The van der Waals surface area contributed by atoms with Crippen LogP contribution in [-0.4, -0.2) is 59.3 Å². The summed E-state index contributed by atoms with van der Waals surface area (Å²) in [5.41, 5.74) is 5.69. The lowest BCUT2D eigenvalue weighted by Gasteiger charge is -2.24. The van der Waals surface area contributed by atoms with Gasteiger partial charge in [0.15, 0.2) is 0 Å². The van der Waals surface area contributed by atoms with E-state index in [-0.39, 0.29) is 5.91 Å². The van der Waals surface area contributed by atoms with Gasteiger partial charge in [-0.15, -0.1) is 0 Å². The minimum absolute atomic E-state index is 0.241. The molecule has 0 unspecified atom stereocenters. The molecule has 2 aliphatic rings. The van der Waals surface area contributed by atoms with Crippen molar-refractivity contribution in [3.8, 4) is 5.75 Å². The van der Waals surface area contributed by atoms with Crippen molar-refractivity contribution in [2.24, 2.45) is 0 Å². The summed E-state index contributed by atoms with van der Waals surface area (Å²) in [7, 11) is 0.345. The second-order valence-corrected chi connectivity index (χ2v) is 12.0. The average Bonchev–Trinajstić information content (AvgIpc) is 3.45. The minimum atomic E-state index is -3.46. The van der Waals surface area contributed by atoms with Crippen molar-refractivity contribution in [3.63, 3.8) is 0 Å². The van der Waals surface area contributed by atoms with E-state index in [0.717, 1.165) is 28.9 Å². The van der Waals surface area contributed by atoms with E-state index < -0.39 is 10.0 Å². The highest BCUT2D eigenvalue weighted by Crippen LogP contribution is 2.40. The second-order valence-electron chi connectivity index (χ2n) is 9.63. The van der Waals surface area contributed by atoms with Crippen molar-refractivity contribution < 1.29 is 17.9 Å². The Kier molecular flexibility index (Phi) is 7.09. The molecule has 0 aliphatic carbocycles. The Morgan fingerprint density at radius 2 is 1.82 bits per heavy atom. The molecule has 198 valence electrons. The predicted octanol–water partition coefficient (Wildman–Crippen LogP) is 4.54. The van der Waals surface area contributed by atoms with Gasteiger partial charge < -0.3 is 20.3 Å². The Labute approximate surface area is 227 Å². The Balaban J connectivity index is 1.55. The molecule has 0 aromatic heterocycles. The van der Waals surface area contributed by atoms with Crippen LogP contribution in [0.5, 0.6) is 5.75 Å². The quantitative estimate of drug-likeness (QED) is 0.399. The molecule has 38 heavy (non-hydrogen) atoms. The van der Waals surface area contributed by atoms with Crippen molar-refractivity contribution in [2.45, 2.75) is 6.42 Å². The Bertz CT molecular complexity index is 1530. The number of hydrogen-bond acceptors (Lipinski definition) is 6. The van der Waals surface area contributed by atoms with Gasteiger partial charge in [-0.05, 0) is 62.1 Å². The zero-order valence-corrected chi connectivity index (χ0v) is 23.0. The van der Waals surface area contributed by atoms with Crippen LogP contribution in [0.15, 0.2) is 60.7 Å². The lowest BCUT2D eigenvalue weighted by molar-refractivity contribution is -0.110. The first-order valence-corrected chi connectivity index (χ1v) is 14.4. The van der Waals surface area contributed by atoms with Gasteiger partial charge in [0.1, 0.15) is 5.75 Å². The molecule has 0 saturated carbocycles. The number of carbonyl (C=O) groups is 1. The molecular formula is C28H29ClN4O4S. The molecule has 5 rings (SSSR count). The number of fused-ring (bicyclic) bond motifs is 2. The van der Waals surface area contributed by atoms with Crippen LogP contribution in [0.3, 0.4) is 0 Å². The summed E-state index contributed by atoms with van der Waals surface area (Å²) in [5, 5.41) is 6.87. The van der Waals surface area contributed by atoms with Crippen molar-refractivity contribution in [1.82, 2.24) is 4.90 Å². The average molecular weight is 553 g/mol. The first-order valence-electron chi connectivity index (χ1n) is 12.2. The number of amides is 1. The molecule has 0 fully saturated rings. The van der Waals surface area contributed by atoms with Crippen LogP contribution in [0.4, 0.5) is 17.1 Å². The molecule has 2 N–H and O–H groups in total. The van der Waals surface area contributed by atoms with Gasteiger partial charge in [-0.1, -0.05) is 29.8 Å². The molecule has 0 saturated heterocycles. The van der Waals surface area contributed by atoms with Gasteiger partial charge in [0, 0.05) is 41.3 Å². The molecule has 10 heteroatoms. The summed E-state index contributed by atoms with van der Waals surface area (Å²) in [6.07, 6.45) is 2.05. The number of rotatable bonds is 8. The minimum Gasteiger partial charge on any atom is -0.493 e. The number of nitrogens with one attached hydrogen (secondary N) is 2. The summed E-state index contributed by atoms with van der Waals surface area (Å²) in [4.78, 5) is 15.1. The highest BCUT2D eigenvalue weighted by atomic mass is 35.5. The van der Waals surface area contributed by atoms with Crippen LogP contribution < -0.4 is 19.7 Å². The van der Waals surface area contributed by atoms with Gasteiger partial charge in [0.25, 0.3) is 5.91 Å². The van der Waals surface area contributed by atoms with Gasteiger partial charge in [-0.2, -0.15) is 0 Å². The topological polar surface area (TPSA) is 91.0 Å². The van der Waals surface area contributed by atoms with Crippen LogP contribution in [-0.2, 0) is 21.2 Å². The molecule has 8 nitrogen and oxygen atoms in total. The fraction of sp³-hybridized carbons (Fsp3) is 0.250. The van der Waals surface area contributed by atoms with Crippen molar-refractivity contribution in [2.75, 3.05) is 55.0 Å². The third-order valence-electron chi connectivity index (χ3n) is 6.54. The molecule has 0 atom stereocenters. The number of benzene rings is 3. The smallest absolute Gasteiger partial charge is 0.258 e. The molecule has 2 heterocycles. The number of halogens is 1. The fourth-order valence-corrected chi connectivity index (χ4v) is 5.72. The Hall–Kier alpha value is -3.53. The largest absolute Gasteiger partial charge is 0.493 e. The molecule has 1 amide bonds. The zero-order valence-electron chi connectivity index (χ0n) is 21.4.